The van der Waals surface area contributed by atoms with Gasteiger partial charge in [-0.25, -0.2) is 4.98 Å². The highest BCUT2D eigenvalue weighted by Gasteiger charge is 2.27. The van der Waals surface area contributed by atoms with Gasteiger partial charge in [0.1, 0.15) is 9.88 Å². The van der Waals surface area contributed by atoms with E-state index in [-0.39, 0.29) is 11.8 Å². The van der Waals surface area contributed by atoms with Crippen LogP contribution in [0.25, 0.3) is 10.6 Å². The first-order chi connectivity index (χ1) is 15.6. The third-order valence-electron chi connectivity index (χ3n) is 6.54. The highest BCUT2D eigenvalue weighted by Crippen LogP contribution is 2.30. The number of amides is 2. The van der Waals surface area contributed by atoms with Gasteiger partial charge in [0.25, 0.3) is 5.91 Å². The summed E-state index contributed by atoms with van der Waals surface area (Å²) in [7, 11) is 0. The van der Waals surface area contributed by atoms with Gasteiger partial charge < -0.3 is 10.2 Å². The Morgan fingerprint density at radius 3 is 2.66 bits per heavy atom. The van der Waals surface area contributed by atoms with E-state index in [2.05, 4.69) is 16.4 Å². The minimum Gasteiger partial charge on any atom is -0.356 e. The van der Waals surface area contributed by atoms with Gasteiger partial charge in [0.2, 0.25) is 5.91 Å². The summed E-state index contributed by atoms with van der Waals surface area (Å²) >= 11 is 1.48. The Kier molecular flexibility index (Phi) is 7.74. The van der Waals surface area contributed by atoms with Gasteiger partial charge in [-0.05, 0) is 57.8 Å². The molecule has 1 N–H and O–H groups in total. The van der Waals surface area contributed by atoms with Crippen molar-refractivity contribution in [2.75, 3.05) is 19.6 Å². The molecule has 0 saturated carbocycles. The van der Waals surface area contributed by atoms with Crippen LogP contribution in [-0.2, 0) is 4.79 Å². The van der Waals surface area contributed by atoms with Crippen LogP contribution in [0.15, 0.2) is 42.0 Å². The SMILES string of the molecule is Cc1nc(-c2ccccc2)sc1C(=O)N1CCC(CC(=O)NCCC2=CCCCC2)CC1. The maximum atomic E-state index is 13.1. The number of carbonyl (C=O) groups is 2. The zero-order valence-corrected chi connectivity index (χ0v) is 19.8. The molecule has 1 aromatic carbocycles. The van der Waals surface area contributed by atoms with E-state index in [1.165, 1.54) is 42.6 Å². The number of likely N-dealkylation sites (tertiary alicyclic amines) is 1. The Morgan fingerprint density at radius 2 is 1.94 bits per heavy atom. The maximum absolute atomic E-state index is 13.1. The minimum atomic E-state index is 0.0749. The molecule has 2 amide bonds. The Morgan fingerprint density at radius 1 is 1.16 bits per heavy atom. The van der Waals surface area contributed by atoms with Gasteiger partial charge in [-0.15, -0.1) is 11.3 Å². The fraction of sp³-hybridized carbons (Fsp3) is 0.500. The van der Waals surface area contributed by atoms with E-state index in [1.807, 2.05) is 42.2 Å². The Labute approximate surface area is 194 Å². The summed E-state index contributed by atoms with van der Waals surface area (Å²) < 4.78 is 0. The predicted molar refractivity (Wildman–Crippen MR) is 130 cm³/mol. The third kappa shape index (κ3) is 5.85. The lowest BCUT2D eigenvalue weighted by Crippen LogP contribution is -2.39. The molecule has 2 aliphatic rings. The van der Waals surface area contributed by atoms with E-state index in [0.717, 1.165) is 46.9 Å². The summed E-state index contributed by atoms with van der Waals surface area (Å²) in [5.74, 6) is 0.582. The zero-order valence-electron chi connectivity index (χ0n) is 18.9. The van der Waals surface area contributed by atoms with E-state index in [4.69, 9.17) is 0 Å². The van der Waals surface area contributed by atoms with Gasteiger partial charge in [0, 0.05) is 31.6 Å². The minimum absolute atomic E-state index is 0.0749. The maximum Gasteiger partial charge on any atom is 0.265 e. The van der Waals surface area contributed by atoms with Gasteiger partial charge in [0.15, 0.2) is 0 Å². The molecule has 1 aliphatic carbocycles. The van der Waals surface area contributed by atoms with Crippen molar-refractivity contribution in [1.29, 1.82) is 0 Å². The average Bonchev–Trinajstić information content (AvgIpc) is 3.22. The van der Waals surface area contributed by atoms with Crippen LogP contribution in [0.2, 0.25) is 0 Å². The summed E-state index contributed by atoms with van der Waals surface area (Å²) in [6.45, 7) is 4.08. The number of nitrogens with zero attached hydrogens (tertiary/aromatic N) is 2. The summed E-state index contributed by atoms with van der Waals surface area (Å²) in [5, 5.41) is 3.99. The highest BCUT2D eigenvalue weighted by molar-refractivity contribution is 7.17. The predicted octanol–water partition coefficient (Wildman–Crippen LogP) is 5.37. The Bertz CT molecular complexity index is 959. The highest BCUT2D eigenvalue weighted by atomic mass is 32.1. The number of piperidine rings is 1. The number of nitrogens with one attached hydrogen (secondary N) is 1. The normalized spacial score (nSPS) is 17.2. The molecule has 1 aliphatic heterocycles. The van der Waals surface area contributed by atoms with Crippen LogP contribution >= 0.6 is 11.3 Å². The molecule has 170 valence electrons. The Balaban J connectivity index is 1.23. The van der Waals surface area contributed by atoms with Crippen LogP contribution in [0.4, 0.5) is 0 Å². The second-order valence-corrected chi connectivity index (χ2v) is 9.95. The van der Waals surface area contributed by atoms with Gasteiger partial charge in [0.05, 0.1) is 5.69 Å². The van der Waals surface area contributed by atoms with E-state index < -0.39 is 0 Å². The van der Waals surface area contributed by atoms with Crippen molar-refractivity contribution < 1.29 is 9.59 Å². The molecule has 6 heteroatoms. The molecule has 1 saturated heterocycles. The first kappa shape index (κ1) is 22.7. The van der Waals surface area contributed by atoms with E-state index in [0.29, 0.717) is 25.4 Å². The molecule has 0 unspecified atom stereocenters. The van der Waals surface area contributed by atoms with Crippen molar-refractivity contribution in [3.05, 3.63) is 52.6 Å². The summed E-state index contributed by atoms with van der Waals surface area (Å²) in [4.78, 5) is 32.7. The second-order valence-electron chi connectivity index (χ2n) is 8.95. The molecular weight excluding hydrogens is 418 g/mol. The number of carbonyl (C=O) groups excluding carboxylic acids is 2. The molecular formula is C26H33N3O2S. The molecule has 2 aromatic rings. The van der Waals surface area contributed by atoms with Crippen molar-refractivity contribution in [2.24, 2.45) is 5.92 Å². The van der Waals surface area contributed by atoms with Crippen LogP contribution in [0.1, 0.15) is 66.7 Å². The smallest absolute Gasteiger partial charge is 0.265 e. The van der Waals surface area contributed by atoms with Gasteiger partial charge in [-0.3, -0.25) is 9.59 Å². The summed E-state index contributed by atoms with van der Waals surface area (Å²) in [5.41, 5.74) is 3.34. The fourth-order valence-corrected chi connectivity index (χ4v) is 5.65. The lowest BCUT2D eigenvalue weighted by molar-refractivity contribution is -0.122. The van der Waals surface area contributed by atoms with Crippen LogP contribution in [0, 0.1) is 12.8 Å². The number of allylic oxidation sites excluding steroid dienone is 1. The van der Waals surface area contributed by atoms with Crippen LogP contribution in [-0.4, -0.2) is 41.3 Å². The topological polar surface area (TPSA) is 62.3 Å². The zero-order chi connectivity index (χ0) is 22.3. The number of aromatic nitrogens is 1. The van der Waals surface area contributed by atoms with Crippen molar-refractivity contribution in [1.82, 2.24) is 15.2 Å². The van der Waals surface area contributed by atoms with Crippen LogP contribution in [0.3, 0.4) is 0 Å². The largest absolute Gasteiger partial charge is 0.356 e. The first-order valence-corrected chi connectivity index (χ1v) is 12.7. The molecule has 1 fully saturated rings. The number of aryl methyl sites for hydroxylation is 1. The van der Waals surface area contributed by atoms with E-state index in [1.54, 1.807) is 0 Å². The molecule has 0 radical (unpaired) electrons. The lowest BCUT2D eigenvalue weighted by Gasteiger charge is -2.31. The number of rotatable bonds is 7. The van der Waals surface area contributed by atoms with Gasteiger partial charge in [-0.1, -0.05) is 42.0 Å². The summed E-state index contributed by atoms with van der Waals surface area (Å²) in [6.07, 6.45) is 10.6. The van der Waals surface area contributed by atoms with Crippen molar-refractivity contribution >= 4 is 23.2 Å². The van der Waals surface area contributed by atoms with Crippen molar-refractivity contribution in [2.45, 2.75) is 58.3 Å². The van der Waals surface area contributed by atoms with Crippen molar-refractivity contribution in [3.63, 3.8) is 0 Å². The standard InChI is InChI=1S/C26H33N3O2S/c1-19-24(32-25(28-19)22-10-6-3-7-11-22)26(31)29-16-13-21(14-17-29)18-23(30)27-15-12-20-8-4-2-5-9-20/h3,6-8,10-11,21H,2,4-5,9,12-18H2,1H3,(H,27,30). The van der Waals surface area contributed by atoms with Gasteiger partial charge in [-0.2, -0.15) is 0 Å². The number of hydrogen-bond donors (Lipinski definition) is 1. The molecule has 32 heavy (non-hydrogen) atoms. The third-order valence-corrected chi connectivity index (χ3v) is 7.74. The molecule has 5 nitrogen and oxygen atoms in total. The molecule has 0 bridgehead atoms. The van der Waals surface area contributed by atoms with Crippen LogP contribution in [0.5, 0.6) is 0 Å². The van der Waals surface area contributed by atoms with Crippen molar-refractivity contribution in [3.8, 4) is 10.6 Å². The number of hydrogen-bond acceptors (Lipinski definition) is 4. The van der Waals surface area contributed by atoms with Gasteiger partial charge >= 0.3 is 0 Å². The van der Waals surface area contributed by atoms with Crippen LogP contribution < -0.4 is 5.32 Å². The molecule has 4 rings (SSSR count). The van der Waals surface area contributed by atoms with E-state index in [9.17, 15) is 9.59 Å². The number of benzene rings is 1. The first-order valence-electron chi connectivity index (χ1n) is 11.9. The lowest BCUT2D eigenvalue weighted by atomic mass is 9.93. The molecule has 2 heterocycles. The quantitative estimate of drug-likeness (QED) is 0.576. The summed E-state index contributed by atoms with van der Waals surface area (Å²) in [6, 6.07) is 10.0. The molecule has 0 spiro atoms. The van der Waals surface area contributed by atoms with E-state index >= 15 is 0 Å². The number of thiazole rings is 1. The second kappa shape index (κ2) is 10.9. The Hall–Kier alpha value is -2.47. The molecule has 0 atom stereocenters. The average molecular weight is 452 g/mol. The molecule has 1 aromatic heterocycles. The monoisotopic (exact) mass is 451 g/mol. The fourth-order valence-electron chi connectivity index (χ4n) is 4.61.